The van der Waals surface area contributed by atoms with Crippen molar-refractivity contribution in [3.05, 3.63) is 77.4 Å². The van der Waals surface area contributed by atoms with Gasteiger partial charge in [0, 0.05) is 35.2 Å². The lowest BCUT2D eigenvalue weighted by Gasteiger charge is -2.27. The van der Waals surface area contributed by atoms with Crippen molar-refractivity contribution in [2.24, 2.45) is 0 Å². The SMILES string of the molecule is O=C(CCCN1C(=O)c2cccc3cccc(c23)C1=O)Nc1ccc(CN2C(=O)CSC2=O)cc1. The van der Waals surface area contributed by atoms with E-state index < -0.39 is 0 Å². The van der Waals surface area contributed by atoms with Gasteiger partial charge in [-0.2, -0.15) is 0 Å². The number of benzene rings is 3. The van der Waals surface area contributed by atoms with Crippen molar-refractivity contribution in [3.63, 3.8) is 0 Å². The van der Waals surface area contributed by atoms with E-state index in [1.165, 1.54) is 9.80 Å². The zero-order valence-corrected chi connectivity index (χ0v) is 19.5. The maximum Gasteiger partial charge on any atom is 0.289 e. The summed E-state index contributed by atoms with van der Waals surface area (Å²) >= 11 is 0.993. The van der Waals surface area contributed by atoms with E-state index in [0.717, 1.165) is 22.7 Å². The molecule has 1 saturated heterocycles. The molecule has 1 fully saturated rings. The third-order valence-electron chi connectivity index (χ3n) is 6.06. The Morgan fingerprint density at radius 2 is 1.51 bits per heavy atom. The highest BCUT2D eigenvalue weighted by Gasteiger charge is 2.32. The predicted molar refractivity (Wildman–Crippen MR) is 132 cm³/mol. The van der Waals surface area contributed by atoms with Crippen molar-refractivity contribution in [1.29, 1.82) is 0 Å². The summed E-state index contributed by atoms with van der Waals surface area (Å²) in [6.07, 6.45) is 0.467. The summed E-state index contributed by atoms with van der Waals surface area (Å²) in [4.78, 5) is 64.2. The number of rotatable bonds is 7. The number of hydrogen-bond donors (Lipinski definition) is 1. The summed E-state index contributed by atoms with van der Waals surface area (Å²) in [6, 6.07) is 17.7. The normalized spacial score (nSPS) is 15.3. The molecule has 1 N–H and O–H groups in total. The Bertz CT molecular complexity index is 1320. The molecule has 0 saturated carbocycles. The number of nitrogens with one attached hydrogen (secondary N) is 1. The van der Waals surface area contributed by atoms with Gasteiger partial charge in [0.2, 0.25) is 11.8 Å². The molecule has 0 aliphatic carbocycles. The smallest absolute Gasteiger partial charge is 0.289 e. The van der Waals surface area contributed by atoms with Crippen LogP contribution in [0.3, 0.4) is 0 Å². The monoisotopic (exact) mass is 487 g/mol. The van der Waals surface area contributed by atoms with E-state index in [1.807, 2.05) is 12.1 Å². The lowest BCUT2D eigenvalue weighted by molar-refractivity contribution is -0.125. The van der Waals surface area contributed by atoms with Crippen LogP contribution in [-0.2, 0) is 16.1 Å². The van der Waals surface area contributed by atoms with Crippen LogP contribution in [0.1, 0.15) is 39.1 Å². The van der Waals surface area contributed by atoms with E-state index in [1.54, 1.807) is 48.5 Å². The molecule has 3 aromatic rings. The fraction of sp³-hybridized carbons (Fsp3) is 0.192. The van der Waals surface area contributed by atoms with Crippen molar-refractivity contribution < 1.29 is 24.0 Å². The van der Waals surface area contributed by atoms with Crippen LogP contribution in [0.15, 0.2) is 60.7 Å². The largest absolute Gasteiger partial charge is 0.326 e. The third-order valence-corrected chi connectivity index (χ3v) is 6.92. The van der Waals surface area contributed by atoms with E-state index in [4.69, 9.17) is 0 Å². The van der Waals surface area contributed by atoms with Crippen molar-refractivity contribution in [2.75, 3.05) is 17.6 Å². The molecular weight excluding hydrogens is 466 g/mol. The van der Waals surface area contributed by atoms with Gasteiger partial charge in [0.1, 0.15) is 0 Å². The predicted octanol–water partition coefficient (Wildman–Crippen LogP) is 4.05. The molecule has 2 aliphatic heterocycles. The van der Waals surface area contributed by atoms with Gasteiger partial charge in [0.15, 0.2) is 0 Å². The first-order valence-corrected chi connectivity index (χ1v) is 12.1. The first-order chi connectivity index (χ1) is 16.9. The van der Waals surface area contributed by atoms with Gasteiger partial charge in [-0.3, -0.25) is 33.8 Å². The van der Waals surface area contributed by atoms with Crippen LogP contribution in [-0.4, -0.2) is 51.0 Å². The Hall–Kier alpha value is -3.98. The van der Waals surface area contributed by atoms with Gasteiger partial charge >= 0.3 is 0 Å². The molecule has 0 atom stereocenters. The number of hydrogen-bond acceptors (Lipinski definition) is 6. The fourth-order valence-corrected chi connectivity index (χ4v) is 5.04. The highest BCUT2D eigenvalue weighted by molar-refractivity contribution is 8.14. The Labute approximate surface area is 205 Å². The number of anilines is 1. The summed E-state index contributed by atoms with van der Waals surface area (Å²) in [5.74, 6) is -0.960. The van der Waals surface area contributed by atoms with E-state index in [-0.39, 0.29) is 54.1 Å². The van der Waals surface area contributed by atoms with Crippen LogP contribution >= 0.6 is 11.8 Å². The zero-order valence-electron chi connectivity index (χ0n) is 18.7. The molecule has 8 nitrogen and oxygen atoms in total. The molecule has 35 heavy (non-hydrogen) atoms. The lowest BCUT2D eigenvalue weighted by Crippen LogP contribution is -2.41. The first-order valence-electron chi connectivity index (χ1n) is 11.2. The maximum atomic E-state index is 12.9. The lowest BCUT2D eigenvalue weighted by atomic mass is 9.94. The molecule has 5 amide bonds. The van der Waals surface area contributed by atoms with Crippen LogP contribution in [0.25, 0.3) is 10.8 Å². The second-order valence-corrected chi connectivity index (χ2v) is 9.28. The second kappa shape index (κ2) is 9.34. The van der Waals surface area contributed by atoms with Gasteiger partial charge in [0.25, 0.3) is 17.1 Å². The molecule has 2 aliphatic rings. The third kappa shape index (κ3) is 4.42. The fourth-order valence-electron chi connectivity index (χ4n) is 4.31. The average molecular weight is 488 g/mol. The van der Waals surface area contributed by atoms with Crippen LogP contribution in [0.4, 0.5) is 10.5 Å². The van der Waals surface area contributed by atoms with Gasteiger partial charge in [0.05, 0.1) is 12.3 Å². The molecule has 2 heterocycles. The molecule has 5 rings (SSSR count). The number of carbonyl (C=O) groups excluding carboxylic acids is 5. The van der Waals surface area contributed by atoms with E-state index in [9.17, 15) is 24.0 Å². The molecular formula is C26H21N3O5S. The Balaban J connectivity index is 1.16. The zero-order chi connectivity index (χ0) is 24.5. The van der Waals surface area contributed by atoms with Crippen molar-refractivity contribution in [2.45, 2.75) is 19.4 Å². The van der Waals surface area contributed by atoms with Gasteiger partial charge < -0.3 is 5.32 Å². The molecule has 0 radical (unpaired) electrons. The molecule has 0 bridgehead atoms. The average Bonchev–Trinajstić information content (AvgIpc) is 3.17. The molecule has 3 aromatic carbocycles. The Kier molecular flexibility index (Phi) is 6.08. The van der Waals surface area contributed by atoms with Crippen molar-refractivity contribution in [1.82, 2.24) is 9.80 Å². The maximum absolute atomic E-state index is 12.9. The number of thioether (sulfide) groups is 1. The molecule has 176 valence electrons. The molecule has 9 heteroatoms. The summed E-state index contributed by atoms with van der Waals surface area (Å²) in [5.41, 5.74) is 2.36. The Morgan fingerprint density at radius 1 is 0.857 bits per heavy atom. The van der Waals surface area contributed by atoms with Crippen molar-refractivity contribution in [3.8, 4) is 0 Å². The van der Waals surface area contributed by atoms with Gasteiger partial charge in [-0.1, -0.05) is 48.2 Å². The number of amides is 5. The molecule has 0 unspecified atom stereocenters. The summed E-state index contributed by atoms with van der Waals surface area (Å²) < 4.78 is 0. The van der Waals surface area contributed by atoms with Gasteiger partial charge in [-0.05, 0) is 41.6 Å². The quantitative estimate of drug-likeness (QED) is 0.505. The number of imide groups is 2. The minimum atomic E-state index is -0.344. The van der Waals surface area contributed by atoms with Gasteiger partial charge in [-0.15, -0.1) is 0 Å². The highest BCUT2D eigenvalue weighted by atomic mass is 32.2. The second-order valence-electron chi connectivity index (χ2n) is 8.35. The summed E-state index contributed by atoms with van der Waals surface area (Å²) in [7, 11) is 0. The van der Waals surface area contributed by atoms with Crippen LogP contribution in [0, 0.1) is 0 Å². The topological polar surface area (TPSA) is 104 Å². The van der Waals surface area contributed by atoms with E-state index in [2.05, 4.69) is 5.32 Å². The van der Waals surface area contributed by atoms with E-state index in [0.29, 0.717) is 28.6 Å². The van der Waals surface area contributed by atoms with Crippen molar-refractivity contribution >= 4 is 57.1 Å². The first kappa shape index (κ1) is 22.8. The minimum absolute atomic E-state index is 0.138. The van der Waals surface area contributed by atoms with Gasteiger partial charge in [-0.25, -0.2) is 0 Å². The van der Waals surface area contributed by atoms with Crippen LogP contribution < -0.4 is 5.32 Å². The number of carbonyl (C=O) groups is 5. The summed E-state index contributed by atoms with van der Waals surface area (Å²) in [5, 5.41) is 4.07. The Morgan fingerprint density at radius 3 is 2.11 bits per heavy atom. The summed E-state index contributed by atoms with van der Waals surface area (Å²) in [6.45, 7) is 0.346. The minimum Gasteiger partial charge on any atom is -0.326 e. The van der Waals surface area contributed by atoms with Crippen LogP contribution in [0.2, 0.25) is 0 Å². The molecule has 0 aromatic heterocycles. The molecule has 0 spiro atoms. The standard InChI is InChI=1S/C26H21N3O5S/c30-21(27-18-11-9-16(10-12-18)14-29-22(31)15-35-26(29)34)8-3-13-28-24(32)19-6-1-4-17-5-2-7-20(23(17)19)25(28)33/h1-2,4-7,9-12H,3,8,13-15H2,(H,27,30). The highest BCUT2D eigenvalue weighted by Crippen LogP contribution is 2.30. The number of nitrogens with zero attached hydrogens (tertiary/aromatic N) is 2. The van der Waals surface area contributed by atoms with Crippen LogP contribution in [0.5, 0.6) is 0 Å². The van der Waals surface area contributed by atoms with E-state index >= 15 is 0 Å².